The van der Waals surface area contributed by atoms with Gasteiger partial charge in [-0.15, -0.1) is 0 Å². The molecule has 1 aliphatic heterocycles. The summed E-state index contributed by atoms with van der Waals surface area (Å²) in [7, 11) is 0. The van der Waals surface area contributed by atoms with Crippen LogP contribution in [-0.2, 0) is 19.4 Å². The molecule has 0 saturated heterocycles. The maximum Gasteiger partial charge on any atom is 0.131 e. The van der Waals surface area contributed by atoms with Gasteiger partial charge < -0.3 is 9.97 Å². The molecule has 0 radical (unpaired) electrons. The smallest absolute Gasteiger partial charge is 0.131 e. The average molecular weight is 357 g/mol. The van der Waals surface area contributed by atoms with Gasteiger partial charge in [0, 0.05) is 42.9 Å². The van der Waals surface area contributed by atoms with Gasteiger partial charge in [-0.05, 0) is 19.1 Å². The number of benzene rings is 1. The van der Waals surface area contributed by atoms with Crippen LogP contribution in [-0.4, -0.2) is 31.4 Å². The number of rotatable bonds is 4. The van der Waals surface area contributed by atoms with Crippen molar-refractivity contribution in [1.82, 2.24) is 24.8 Å². The van der Waals surface area contributed by atoms with E-state index in [0.29, 0.717) is 18.8 Å². The van der Waals surface area contributed by atoms with E-state index < -0.39 is 17.7 Å². The minimum absolute atomic E-state index is 0.0458. The van der Waals surface area contributed by atoms with Crippen LogP contribution in [0.5, 0.6) is 0 Å². The number of imidazole rings is 2. The molecule has 0 fully saturated rings. The molecule has 0 spiro atoms. The lowest BCUT2D eigenvalue weighted by Gasteiger charge is -2.35. The first kappa shape index (κ1) is 16.9. The molecule has 0 amide bonds. The lowest BCUT2D eigenvalue weighted by atomic mass is 9.94. The quantitative estimate of drug-likeness (QED) is 0.752. The summed E-state index contributed by atoms with van der Waals surface area (Å²) in [6, 6.07) is 3.41. The van der Waals surface area contributed by atoms with Crippen molar-refractivity contribution < 1.29 is 8.78 Å². The Morgan fingerprint density at radius 1 is 1.27 bits per heavy atom. The number of nitrogens with one attached hydrogen (secondary N) is 2. The van der Waals surface area contributed by atoms with Crippen molar-refractivity contribution in [2.45, 2.75) is 39.3 Å². The highest BCUT2D eigenvalue weighted by molar-refractivity contribution is 5.35. The Balaban J connectivity index is 1.77. The molecular weight excluding hydrogens is 336 g/mol. The summed E-state index contributed by atoms with van der Waals surface area (Å²) in [4.78, 5) is 17.4. The third-order valence-corrected chi connectivity index (χ3v) is 5.02. The number of fused-ring (bicyclic) bond motifs is 1. The van der Waals surface area contributed by atoms with Crippen molar-refractivity contribution in [3.8, 4) is 0 Å². The zero-order valence-electron chi connectivity index (χ0n) is 14.8. The van der Waals surface area contributed by atoms with Crippen LogP contribution in [0.15, 0.2) is 24.5 Å². The SMILES string of the molecule is CCc1nc(CN2CCc3[nH]cnc3[C@H]2c2c(F)cccc2F)c(C)[nH]1. The molecule has 26 heavy (non-hydrogen) atoms. The highest BCUT2D eigenvalue weighted by Crippen LogP contribution is 2.36. The minimum Gasteiger partial charge on any atom is -0.348 e. The van der Waals surface area contributed by atoms with E-state index in [0.717, 1.165) is 35.7 Å². The molecule has 2 N–H and O–H groups in total. The largest absolute Gasteiger partial charge is 0.348 e. The minimum atomic E-state index is -0.577. The second kappa shape index (κ2) is 6.64. The summed E-state index contributed by atoms with van der Waals surface area (Å²) >= 11 is 0. The van der Waals surface area contributed by atoms with Crippen molar-refractivity contribution in [2.24, 2.45) is 0 Å². The molecule has 1 aliphatic rings. The van der Waals surface area contributed by atoms with Crippen LogP contribution in [0.4, 0.5) is 8.78 Å². The topological polar surface area (TPSA) is 60.6 Å². The number of halogens is 2. The van der Waals surface area contributed by atoms with Crippen LogP contribution >= 0.6 is 0 Å². The molecular formula is C19H21F2N5. The molecule has 3 heterocycles. The van der Waals surface area contributed by atoms with E-state index in [1.54, 1.807) is 6.33 Å². The van der Waals surface area contributed by atoms with Gasteiger partial charge >= 0.3 is 0 Å². The Morgan fingerprint density at radius 3 is 2.73 bits per heavy atom. The van der Waals surface area contributed by atoms with Gasteiger partial charge in [0.15, 0.2) is 0 Å². The van der Waals surface area contributed by atoms with Crippen LogP contribution in [0.3, 0.4) is 0 Å². The summed E-state index contributed by atoms with van der Waals surface area (Å²) in [5, 5.41) is 0. The van der Waals surface area contributed by atoms with Crippen LogP contribution in [0.1, 0.15) is 47.1 Å². The van der Waals surface area contributed by atoms with E-state index in [-0.39, 0.29) is 5.56 Å². The van der Waals surface area contributed by atoms with Crippen molar-refractivity contribution in [1.29, 1.82) is 0 Å². The van der Waals surface area contributed by atoms with Crippen LogP contribution in [0.2, 0.25) is 0 Å². The lowest BCUT2D eigenvalue weighted by molar-refractivity contribution is 0.190. The maximum absolute atomic E-state index is 14.6. The Kier molecular flexibility index (Phi) is 4.32. The van der Waals surface area contributed by atoms with E-state index in [1.165, 1.54) is 18.2 Å². The number of hydrogen-bond acceptors (Lipinski definition) is 3. The fourth-order valence-corrected chi connectivity index (χ4v) is 3.66. The molecule has 5 nitrogen and oxygen atoms in total. The summed E-state index contributed by atoms with van der Waals surface area (Å²) in [5.74, 6) is -0.184. The molecule has 0 bridgehead atoms. The van der Waals surface area contributed by atoms with Gasteiger partial charge in [0.2, 0.25) is 0 Å². The Hall–Kier alpha value is -2.54. The molecule has 1 aromatic carbocycles. The van der Waals surface area contributed by atoms with Crippen LogP contribution in [0.25, 0.3) is 0 Å². The number of H-pyrrole nitrogens is 2. The summed E-state index contributed by atoms with van der Waals surface area (Å²) in [5.41, 5.74) is 3.56. The first-order chi connectivity index (χ1) is 12.6. The first-order valence-electron chi connectivity index (χ1n) is 8.83. The number of hydrogen-bond donors (Lipinski definition) is 2. The molecule has 4 rings (SSSR count). The van der Waals surface area contributed by atoms with Crippen molar-refractivity contribution in [2.75, 3.05) is 6.54 Å². The number of nitrogens with zero attached hydrogens (tertiary/aromatic N) is 3. The highest BCUT2D eigenvalue weighted by Gasteiger charge is 2.35. The molecule has 3 aromatic rings. The predicted octanol–water partition coefficient (Wildman–Crippen LogP) is 3.43. The monoisotopic (exact) mass is 357 g/mol. The molecule has 1 atom stereocenters. The zero-order chi connectivity index (χ0) is 18.3. The maximum atomic E-state index is 14.6. The van der Waals surface area contributed by atoms with Gasteiger partial charge in [-0.3, -0.25) is 4.90 Å². The van der Waals surface area contributed by atoms with Gasteiger partial charge in [-0.2, -0.15) is 0 Å². The Morgan fingerprint density at radius 2 is 2.04 bits per heavy atom. The van der Waals surface area contributed by atoms with E-state index in [2.05, 4.69) is 19.9 Å². The molecule has 136 valence electrons. The normalized spacial score (nSPS) is 17.5. The number of aryl methyl sites for hydroxylation is 2. The third kappa shape index (κ3) is 2.82. The standard InChI is InChI=1S/C19H21F2N5/c1-3-16-24-11(2)15(25-16)9-26-8-7-14-18(23-10-22-14)19(26)17-12(20)5-4-6-13(17)21/h4-6,10,19H,3,7-9H2,1-2H3,(H,22,23)(H,24,25)/t19-/m1/s1. The summed E-state index contributed by atoms with van der Waals surface area (Å²) in [6.07, 6.45) is 3.16. The first-order valence-corrected chi connectivity index (χ1v) is 8.83. The Bertz CT molecular complexity index is 910. The second-order valence-electron chi connectivity index (χ2n) is 6.63. The van der Waals surface area contributed by atoms with Crippen molar-refractivity contribution in [3.05, 3.63) is 70.3 Å². The molecule has 0 aliphatic carbocycles. The molecule has 0 saturated carbocycles. The van der Waals surface area contributed by atoms with Crippen molar-refractivity contribution in [3.63, 3.8) is 0 Å². The highest BCUT2D eigenvalue weighted by atomic mass is 19.1. The Labute approximate surface area is 150 Å². The van der Waals surface area contributed by atoms with Gasteiger partial charge in [-0.1, -0.05) is 13.0 Å². The van der Waals surface area contributed by atoms with E-state index in [9.17, 15) is 8.78 Å². The van der Waals surface area contributed by atoms with Gasteiger partial charge in [0.1, 0.15) is 17.5 Å². The predicted molar refractivity (Wildman–Crippen MR) is 93.6 cm³/mol. The summed E-state index contributed by atoms with van der Waals surface area (Å²) < 4.78 is 29.1. The lowest BCUT2D eigenvalue weighted by Crippen LogP contribution is -2.37. The average Bonchev–Trinajstić information content (AvgIpc) is 3.23. The van der Waals surface area contributed by atoms with Crippen LogP contribution in [0, 0.1) is 18.6 Å². The van der Waals surface area contributed by atoms with Gasteiger partial charge in [0.05, 0.1) is 23.8 Å². The van der Waals surface area contributed by atoms with Crippen molar-refractivity contribution >= 4 is 0 Å². The van der Waals surface area contributed by atoms with E-state index in [1.807, 2.05) is 18.7 Å². The van der Waals surface area contributed by atoms with Gasteiger partial charge in [0.25, 0.3) is 0 Å². The third-order valence-electron chi connectivity index (χ3n) is 5.02. The second-order valence-corrected chi connectivity index (χ2v) is 6.63. The number of aromatic amines is 2. The molecule has 0 unspecified atom stereocenters. The fraction of sp³-hybridized carbons (Fsp3) is 0.368. The fourth-order valence-electron chi connectivity index (χ4n) is 3.66. The molecule has 7 heteroatoms. The molecule has 2 aromatic heterocycles. The van der Waals surface area contributed by atoms with Gasteiger partial charge in [-0.25, -0.2) is 18.7 Å². The van der Waals surface area contributed by atoms with E-state index >= 15 is 0 Å². The summed E-state index contributed by atoms with van der Waals surface area (Å²) in [6.45, 7) is 5.19. The van der Waals surface area contributed by atoms with E-state index in [4.69, 9.17) is 0 Å². The van der Waals surface area contributed by atoms with Crippen LogP contribution < -0.4 is 0 Å². The number of aromatic nitrogens is 4. The zero-order valence-corrected chi connectivity index (χ0v) is 14.8.